The average Bonchev–Trinajstić information content (AvgIpc) is 2.86. The number of sulfone groups is 1. The molecule has 0 aliphatic heterocycles. The van der Waals surface area contributed by atoms with Crippen LogP contribution in [0.25, 0.3) is 10.8 Å². The van der Waals surface area contributed by atoms with Gasteiger partial charge in [0.2, 0.25) is 9.84 Å². The molecule has 0 radical (unpaired) electrons. The third-order valence-electron chi connectivity index (χ3n) is 5.15. The van der Waals surface area contributed by atoms with Crippen molar-refractivity contribution in [2.45, 2.75) is 9.79 Å². The number of fused-ring (bicyclic) bond motifs is 1. The number of carbonyl (C=O) groups is 2. The first kappa shape index (κ1) is 22.8. The number of ketones is 1. The molecule has 0 bridgehead atoms. The van der Waals surface area contributed by atoms with Crippen molar-refractivity contribution in [3.63, 3.8) is 0 Å². The first-order valence-corrected chi connectivity index (χ1v) is 11.5. The second-order valence-electron chi connectivity index (χ2n) is 7.29. The van der Waals surface area contributed by atoms with Gasteiger partial charge in [-0.3, -0.25) is 14.9 Å². The second-order valence-corrected chi connectivity index (χ2v) is 9.17. The summed E-state index contributed by atoms with van der Waals surface area (Å²) in [5.41, 5.74) is -0.601. The van der Waals surface area contributed by atoms with E-state index in [2.05, 4.69) is 0 Å². The molecule has 0 heterocycles. The monoisotopic (exact) mass is 475 g/mol. The smallest absolute Gasteiger partial charge is 0.339 e. The molecule has 0 N–H and O–H groups in total. The molecule has 0 unspecified atom stereocenters. The van der Waals surface area contributed by atoms with Gasteiger partial charge in [-0.1, -0.05) is 60.7 Å². The summed E-state index contributed by atoms with van der Waals surface area (Å²) in [6.07, 6.45) is 0. The van der Waals surface area contributed by atoms with Gasteiger partial charge >= 0.3 is 5.97 Å². The lowest BCUT2D eigenvalue weighted by atomic mass is 10.0. The molecule has 0 aliphatic carbocycles. The van der Waals surface area contributed by atoms with Gasteiger partial charge in [0.25, 0.3) is 5.69 Å². The topological polar surface area (TPSA) is 121 Å². The summed E-state index contributed by atoms with van der Waals surface area (Å²) in [4.78, 5) is 34.8. The van der Waals surface area contributed by atoms with Crippen LogP contribution in [0.2, 0.25) is 0 Å². The maximum atomic E-state index is 13.2. The molecule has 9 heteroatoms. The molecule has 8 nitrogen and oxygen atoms in total. The van der Waals surface area contributed by atoms with E-state index < -0.39 is 48.6 Å². The molecule has 34 heavy (non-hydrogen) atoms. The Kier molecular flexibility index (Phi) is 6.20. The molecule has 0 amide bonds. The molecule has 0 saturated heterocycles. The zero-order chi connectivity index (χ0) is 24.3. The lowest BCUT2D eigenvalue weighted by Crippen LogP contribution is -2.17. The lowest BCUT2D eigenvalue weighted by molar-refractivity contribution is -0.387. The molecule has 0 spiro atoms. The Labute approximate surface area is 194 Å². The number of nitro groups is 1. The van der Waals surface area contributed by atoms with Crippen molar-refractivity contribution >= 4 is 38.0 Å². The van der Waals surface area contributed by atoms with E-state index in [0.717, 1.165) is 29.0 Å². The number of hydrogen-bond donors (Lipinski definition) is 0. The van der Waals surface area contributed by atoms with E-state index in [0.29, 0.717) is 5.56 Å². The second kappa shape index (κ2) is 9.24. The van der Waals surface area contributed by atoms with E-state index in [1.807, 2.05) is 24.3 Å². The number of ether oxygens (including phenoxy) is 1. The molecular weight excluding hydrogens is 458 g/mol. The molecule has 4 rings (SSSR count). The van der Waals surface area contributed by atoms with Crippen LogP contribution in [0.1, 0.15) is 20.7 Å². The Hall–Kier alpha value is -4.37. The SMILES string of the molecule is O=C(COC(=O)c1ccccc1S(=O)(=O)c1ccccc1[N+](=O)[O-])c1ccc2ccccc2c1. The number of rotatable bonds is 7. The van der Waals surface area contributed by atoms with Crippen LogP contribution in [0.3, 0.4) is 0 Å². The Morgan fingerprint density at radius 3 is 2.15 bits per heavy atom. The predicted molar refractivity (Wildman–Crippen MR) is 124 cm³/mol. The van der Waals surface area contributed by atoms with Crippen LogP contribution >= 0.6 is 0 Å². The van der Waals surface area contributed by atoms with Crippen LogP contribution < -0.4 is 0 Å². The van der Waals surface area contributed by atoms with Crippen LogP contribution in [-0.4, -0.2) is 31.7 Å². The number of benzene rings is 4. The van der Waals surface area contributed by atoms with Gasteiger partial charge in [-0.2, -0.15) is 0 Å². The van der Waals surface area contributed by atoms with E-state index in [9.17, 15) is 28.1 Å². The van der Waals surface area contributed by atoms with Gasteiger partial charge in [0.05, 0.1) is 15.4 Å². The van der Waals surface area contributed by atoms with Crippen LogP contribution in [0.4, 0.5) is 5.69 Å². The largest absolute Gasteiger partial charge is 0.454 e. The number of Topliss-reactive ketones (excluding diaryl/α,β-unsaturated/α-hetero) is 1. The maximum Gasteiger partial charge on any atom is 0.339 e. The van der Waals surface area contributed by atoms with Crippen molar-refractivity contribution < 1.29 is 27.7 Å². The minimum atomic E-state index is -4.43. The summed E-state index contributed by atoms with van der Waals surface area (Å²) in [6, 6.07) is 22.6. The Balaban J connectivity index is 1.59. The van der Waals surface area contributed by atoms with Crippen molar-refractivity contribution in [3.05, 3.63) is 112 Å². The number of nitro benzene ring substituents is 1. The first-order valence-electron chi connectivity index (χ1n) is 10.1. The first-order chi connectivity index (χ1) is 16.3. The summed E-state index contributed by atoms with van der Waals surface area (Å²) in [5, 5.41) is 13.1. The zero-order valence-corrected chi connectivity index (χ0v) is 18.4. The van der Waals surface area contributed by atoms with Gasteiger partial charge in [-0.15, -0.1) is 0 Å². The van der Waals surface area contributed by atoms with Crippen LogP contribution in [-0.2, 0) is 14.6 Å². The fraction of sp³-hybridized carbons (Fsp3) is 0.0400. The fourth-order valence-corrected chi connectivity index (χ4v) is 5.09. The van der Waals surface area contributed by atoms with Gasteiger partial charge in [0, 0.05) is 11.6 Å². The third kappa shape index (κ3) is 4.41. The lowest BCUT2D eigenvalue weighted by Gasteiger charge is -2.11. The molecule has 0 fully saturated rings. The van der Waals surface area contributed by atoms with Gasteiger partial charge in [-0.25, -0.2) is 13.2 Å². The van der Waals surface area contributed by atoms with Crippen LogP contribution in [0.5, 0.6) is 0 Å². The molecule has 0 saturated carbocycles. The molecule has 4 aromatic carbocycles. The molecule has 4 aromatic rings. The Bertz CT molecular complexity index is 1540. The Morgan fingerprint density at radius 2 is 1.41 bits per heavy atom. The summed E-state index contributed by atoms with van der Waals surface area (Å²) < 4.78 is 31.5. The predicted octanol–water partition coefficient (Wildman–Crippen LogP) is 4.62. The fourth-order valence-electron chi connectivity index (χ4n) is 3.48. The summed E-state index contributed by atoms with van der Waals surface area (Å²) in [6.45, 7) is -0.600. The number of carbonyl (C=O) groups excluding carboxylic acids is 2. The van der Waals surface area contributed by atoms with Crippen molar-refractivity contribution in [1.29, 1.82) is 0 Å². The summed E-state index contributed by atoms with van der Waals surface area (Å²) in [5.74, 6) is -1.50. The summed E-state index contributed by atoms with van der Waals surface area (Å²) in [7, 11) is -4.43. The molecule has 170 valence electrons. The highest BCUT2D eigenvalue weighted by atomic mass is 32.2. The highest BCUT2D eigenvalue weighted by molar-refractivity contribution is 7.91. The van der Waals surface area contributed by atoms with Crippen LogP contribution in [0.15, 0.2) is 101 Å². The van der Waals surface area contributed by atoms with E-state index in [1.54, 1.807) is 18.2 Å². The summed E-state index contributed by atoms with van der Waals surface area (Å²) >= 11 is 0. The number of nitrogens with zero attached hydrogens (tertiary/aromatic N) is 1. The average molecular weight is 475 g/mol. The molecule has 0 aliphatic rings. The standard InChI is InChI=1S/C25H17NO7S/c27-22(19-14-13-17-7-1-2-8-18(17)15-19)16-33-25(28)20-9-3-5-11-23(20)34(31,32)24-12-6-4-10-21(24)26(29)30/h1-15H,16H2. The van der Waals surface area contributed by atoms with Crippen molar-refractivity contribution in [3.8, 4) is 0 Å². The normalized spacial score (nSPS) is 11.2. The van der Waals surface area contributed by atoms with E-state index in [-0.39, 0.29) is 5.56 Å². The molecule has 0 aromatic heterocycles. The van der Waals surface area contributed by atoms with Gasteiger partial charge in [0.15, 0.2) is 12.4 Å². The third-order valence-corrected chi connectivity index (χ3v) is 7.01. The number of para-hydroxylation sites is 1. The minimum Gasteiger partial charge on any atom is -0.454 e. The zero-order valence-electron chi connectivity index (χ0n) is 17.6. The van der Waals surface area contributed by atoms with Gasteiger partial charge in [-0.05, 0) is 35.0 Å². The van der Waals surface area contributed by atoms with E-state index in [1.165, 1.54) is 30.3 Å². The van der Waals surface area contributed by atoms with Gasteiger partial charge in [0.1, 0.15) is 4.90 Å². The maximum absolute atomic E-state index is 13.2. The van der Waals surface area contributed by atoms with E-state index >= 15 is 0 Å². The van der Waals surface area contributed by atoms with Gasteiger partial charge < -0.3 is 4.74 Å². The van der Waals surface area contributed by atoms with E-state index in [4.69, 9.17) is 4.74 Å². The van der Waals surface area contributed by atoms with Crippen molar-refractivity contribution in [2.24, 2.45) is 0 Å². The van der Waals surface area contributed by atoms with Crippen molar-refractivity contribution in [1.82, 2.24) is 0 Å². The van der Waals surface area contributed by atoms with Crippen molar-refractivity contribution in [2.75, 3.05) is 6.61 Å². The molecular formula is C25H17NO7S. The molecule has 0 atom stereocenters. The highest BCUT2D eigenvalue weighted by Crippen LogP contribution is 2.31. The quantitative estimate of drug-likeness (QED) is 0.165. The highest BCUT2D eigenvalue weighted by Gasteiger charge is 2.31. The Morgan fingerprint density at radius 1 is 0.794 bits per heavy atom. The van der Waals surface area contributed by atoms with Crippen LogP contribution in [0, 0.1) is 10.1 Å². The number of hydrogen-bond acceptors (Lipinski definition) is 7. The number of esters is 1. The minimum absolute atomic E-state index is 0.327.